The van der Waals surface area contributed by atoms with Gasteiger partial charge in [-0.3, -0.25) is 9.59 Å². The molecule has 0 radical (unpaired) electrons. The predicted molar refractivity (Wildman–Crippen MR) is 72.4 cm³/mol. The van der Waals surface area contributed by atoms with Crippen LogP contribution in [0.1, 0.15) is 26.3 Å². The van der Waals surface area contributed by atoms with Gasteiger partial charge in [0, 0.05) is 11.1 Å². The summed E-state index contributed by atoms with van der Waals surface area (Å²) < 4.78 is 4.94. The zero-order chi connectivity index (χ0) is 14.4. The van der Waals surface area contributed by atoms with Crippen molar-refractivity contribution in [2.45, 2.75) is 6.61 Å². The minimum absolute atomic E-state index is 0.00343. The maximum atomic E-state index is 11.7. The summed E-state index contributed by atoms with van der Waals surface area (Å²) in [6, 6.07) is 14.8. The van der Waals surface area contributed by atoms with Gasteiger partial charge in [-0.15, -0.1) is 0 Å². The van der Waals surface area contributed by atoms with Crippen LogP contribution in [-0.2, 0) is 16.1 Å². The van der Waals surface area contributed by atoms with Crippen molar-refractivity contribution < 1.29 is 19.1 Å². The SMILES string of the molecule is O=Cc1ccc(COC(=O)C(=O)c2ccccc2)cc1. The fourth-order valence-corrected chi connectivity index (χ4v) is 1.61. The first-order valence-electron chi connectivity index (χ1n) is 6.01. The van der Waals surface area contributed by atoms with Crippen LogP contribution < -0.4 is 0 Å². The molecule has 4 heteroatoms. The summed E-state index contributed by atoms with van der Waals surface area (Å²) >= 11 is 0. The van der Waals surface area contributed by atoms with Gasteiger partial charge in [0.1, 0.15) is 12.9 Å². The van der Waals surface area contributed by atoms with Gasteiger partial charge in [0.25, 0.3) is 5.78 Å². The number of esters is 1. The smallest absolute Gasteiger partial charge is 0.380 e. The Kier molecular flexibility index (Phi) is 4.39. The van der Waals surface area contributed by atoms with Gasteiger partial charge in [-0.05, 0) is 5.56 Å². The Morgan fingerprint density at radius 3 is 2.20 bits per heavy atom. The molecule has 0 aliphatic carbocycles. The average molecular weight is 268 g/mol. The van der Waals surface area contributed by atoms with Crippen molar-refractivity contribution in [2.24, 2.45) is 0 Å². The summed E-state index contributed by atoms with van der Waals surface area (Å²) in [6.45, 7) is -0.00343. The largest absolute Gasteiger partial charge is 0.455 e. The molecule has 0 saturated carbocycles. The third-order valence-electron chi connectivity index (χ3n) is 2.71. The van der Waals surface area contributed by atoms with Gasteiger partial charge >= 0.3 is 5.97 Å². The first-order chi connectivity index (χ1) is 9.70. The van der Waals surface area contributed by atoms with Gasteiger partial charge in [-0.1, -0.05) is 54.6 Å². The Bertz CT molecular complexity index is 615. The van der Waals surface area contributed by atoms with E-state index in [-0.39, 0.29) is 6.61 Å². The second-order valence-electron chi connectivity index (χ2n) is 4.13. The minimum atomic E-state index is -0.893. The molecule has 0 bridgehead atoms. The molecule has 2 aromatic carbocycles. The van der Waals surface area contributed by atoms with E-state index in [2.05, 4.69) is 0 Å². The van der Waals surface area contributed by atoms with Gasteiger partial charge in [0.2, 0.25) is 0 Å². The van der Waals surface area contributed by atoms with Crippen LogP contribution in [0.25, 0.3) is 0 Å². The lowest BCUT2D eigenvalue weighted by molar-refractivity contribution is -0.139. The molecule has 0 aromatic heterocycles. The number of benzene rings is 2. The Balaban J connectivity index is 1.94. The zero-order valence-corrected chi connectivity index (χ0v) is 10.6. The number of ketones is 1. The van der Waals surface area contributed by atoms with E-state index in [1.165, 1.54) is 0 Å². The number of hydrogen-bond donors (Lipinski definition) is 0. The van der Waals surface area contributed by atoms with E-state index in [1.54, 1.807) is 54.6 Å². The van der Waals surface area contributed by atoms with Crippen molar-refractivity contribution >= 4 is 18.0 Å². The van der Waals surface area contributed by atoms with E-state index in [4.69, 9.17) is 4.74 Å². The van der Waals surface area contributed by atoms with Crippen molar-refractivity contribution in [2.75, 3.05) is 0 Å². The molecular weight excluding hydrogens is 256 g/mol. The molecule has 0 N–H and O–H groups in total. The lowest BCUT2D eigenvalue weighted by Crippen LogP contribution is -2.17. The number of aldehydes is 1. The molecule has 0 amide bonds. The second-order valence-corrected chi connectivity index (χ2v) is 4.13. The molecule has 0 aliphatic rings. The number of ether oxygens (including phenoxy) is 1. The van der Waals surface area contributed by atoms with E-state index < -0.39 is 11.8 Å². The fraction of sp³-hybridized carbons (Fsp3) is 0.0625. The van der Waals surface area contributed by atoms with Crippen LogP contribution in [0, 0.1) is 0 Å². The van der Waals surface area contributed by atoms with Crippen LogP contribution in [0.15, 0.2) is 54.6 Å². The van der Waals surface area contributed by atoms with Gasteiger partial charge in [-0.25, -0.2) is 4.79 Å². The van der Waals surface area contributed by atoms with Crippen molar-refractivity contribution in [3.63, 3.8) is 0 Å². The number of carbonyl (C=O) groups is 3. The lowest BCUT2D eigenvalue weighted by Gasteiger charge is -2.04. The summed E-state index contributed by atoms with van der Waals surface area (Å²) in [4.78, 5) is 33.9. The van der Waals surface area contributed by atoms with Crippen LogP contribution in [0.3, 0.4) is 0 Å². The van der Waals surface area contributed by atoms with E-state index in [9.17, 15) is 14.4 Å². The number of Topliss-reactive ketones (excluding diaryl/α,β-unsaturated/α-hetero) is 1. The Labute approximate surface area is 116 Å². The van der Waals surface area contributed by atoms with Gasteiger partial charge in [-0.2, -0.15) is 0 Å². The second kappa shape index (κ2) is 6.43. The highest BCUT2D eigenvalue weighted by Crippen LogP contribution is 2.06. The number of rotatable bonds is 5. The molecule has 0 saturated heterocycles. The van der Waals surface area contributed by atoms with Crippen LogP contribution >= 0.6 is 0 Å². The van der Waals surface area contributed by atoms with Crippen LogP contribution in [0.2, 0.25) is 0 Å². The molecule has 20 heavy (non-hydrogen) atoms. The van der Waals surface area contributed by atoms with Crippen molar-refractivity contribution in [3.05, 3.63) is 71.3 Å². The highest BCUT2D eigenvalue weighted by atomic mass is 16.5. The Morgan fingerprint density at radius 1 is 0.950 bits per heavy atom. The van der Waals surface area contributed by atoms with Crippen molar-refractivity contribution in [3.8, 4) is 0 Å². The topological polar surface area (TPSA) is 60.4 Å². The van der Waals surface area contributed by atoms with Crippen molar-refractivity contribution in [1.82, 2.24) is 0 Å². The standard InChI is InChI=1S/C16H12O4/c17-10-12-6-8-13(9-7-12)11-20-16(19)15(18)14-4-2-1-3-5-14/h1-10H,11H2. The van der Waals surface area contributed by atoms with Crippen LogP contribution in [-0.4, -0.2) is 18.0 Å². The summed E-state index contributed by atoms with van der Waals surface area (Å²) in [5.41, 5.74) is 1.55. The molecule has 0 unspecified atom stereocenters. The quantitative estimate of drug-likeness (QED) is 0.361. The molecule has 0 atom stereocenters. The van der Waals surface area contributed by atoms with E-state index in [1.807, 2.05) is 0 Å². The molecule has 100 valence electrons. The lowest BCUT2D eigenvalue weighted by atomic mass is 10.1. The zero-order valence-electron chi connectivity index (χ0n) is 10.6. The molecule has 4 nitrogen and oxygen atoms in total. The third kappa shape index (κ3) is 3.38. The summed E-state index contributed by atoms with van der Waals surface area (Å²) in [7, 11) is 0. The minimum Gasteiger partial charge on any atom is -0.455 e. The van der Waals surface area contributed by atoms with E-state index in [0.29, 0.717) is 16.7 Å². The predicted octanol–water partition coefficient (Wildman–Crippen LogP) is 2.43. The molecule has 2 rings (SSSR count). The van der Waals surface area contributed by atoms with E-state index in [0.717, 1.165) is 6.29 Å². The maximum Gasteiger partial charge on any atom is 0.380 e. The van der Waals surface area contributed by atoms with E-state index >= 15 is 0 Å². The summed E-state index contributed by atoms with van der Waals surface area (Å²) in [5.74, 6) is -1.56. The van der Waals surface area contributed by atoms with Gasteiger partial charge in [0.05, 0.1) is 0 Å². The number of hydrogen-bond acceptors (Lipinski definition) is 4. The van der Waals surface area contributed by atoms with Crippen LogP contribution in [0.4, 0.5) is 0 Å². The maximum absolute atomic E-state index is 11.7. The summed E-state index contributed by atoms with van der Waals surface area (Å²) in [6.07, 6.45) is 0.731. The Hall–Kier alpha value is -2.75. The average Bonchev–Trinajstić information content (AvgIpc) is 2.53. The molecule has 0 fully saturated rings. The first-order valence-corrected chi connectivity index (χ1v) is 6.01. The molecule has 0 heterocycles. The normalized spacial score (nSPS) is 9.80. The molecule has 2 aromatic rings. The third-order valence-corrected chi connectivity index (χ3v) is 2.71. The van der Waals surface area contributed by atoms with Crippen LogP contribution in [0.5, 0.6) is 0 Å². The van der Waals surface area contributed by atoms with Gasteiger partial charge < -0.3 is 4.74 Å². The number of carbonyl (C=O) groups excluding carboxylic acids is 3. The molecule has 0 aliphatic heterocycles. The Morgan fingerprint density at radius 2 is 1.60 bits per heavy atom. The van der Waals surface area contributed by atoms with Crippen molar-refractivity contribution in [1.29, 1.82) is 0 Å². The van der Waals surface area contributed by atoms with Gasteiger partial charge in [0.15, 0.2) is 0 Å². The highest BCUT2D eigenvalue weighted by molar-refractivity contribution is 6.40. The fourth-order valence-electron chi connectivity index (χ4n) is 1.61. The molecule has 0 spiro atoms. The monoisotopic (exact) mass is 268 g/mol. The molecular formula is C16H12O4. The first kappa shape index (κ1) is 13.7. The summed E-state index contributed by atoms with van der Waals surface area (Å²) in [5, 5.41) is 0. The highest BCUT2D eigenvalue weighted by Gasteiger charge is 2.17.